The number of hydrogen-bond donors (Lipinski definition) is 1. The molecule has 0 unspecified atom stereocenters. The first kappa shape index (κ1) is 14.4. The summed E-state index contributed by atoms with van der Waals surface area (Å²) in [5, 5.41) is 4.13. The number of aromatic nitrogens is 1. The summed E-state index contributed by atoms with van der Waals surface area (Å²) >= 11 is 7.10. The number of nitrogens with two attached hydrogens (primary N) is 1. The fraction of sp³-hybridized carbons (Fsp3) is 0.0625. The lowest BCUT2D eigenvalue weighted by atomic mass is 10.0. The van der Waals surface area contributed by atoms with Gasteiger partial charge in [-0.3, -0.25) is 0 Å². The van der Waals surface area contributed by atoms with Crippen molar-refractivity contribution < 1.29 is 4.52 Å². The molecule has 0 amide bonds. The van der Waals surface area contributed by atoms with Crippen LogP contribution in [-0.2, 0) is 0 Å². The molecule has 2 aromatic carbocycles. The van der Waals surface area contributed by atoms with Crippen LogP contribution in [0, 0.1) is 6.92 Å². The van der Waals surface area contributed by atoms with Crippen molar-refractivity contribution in [2.75, 3.05) is 5.73 Å². The number of hydrogen-bond acceptors (Lipinski definition) is 3. The monoisotopic (exact) mass is 406 g/mol. The molecular formula is C16H12Br2N2O. The Hall–Kier alpha value is -1.59. The molecule has 2 N–H and O–H groups in total. The van der Waals surface area contributed by atoms with Crippen molar-refractivity contribution in [1.82, 2.24) is 5.16 Å². The topological polar surface area (TPSA) is 52.0 Å². The van der Waals surface area contributed by atoms with Gasteiger partial charge in [-0.15, -0.1) is 0 Å². The van der Waals surface area contributed by atoms with Crippen molar-refractivity contribution >= 4 is 37.7 Å². The Balaban J connectivity index is 2.22. The van der Waals surface area contributed by atoms with E-state index in [1.165, 1.54) is 0 Å². The maximum atomic E-state index is 5.99. The minimum atomic E-state index is 0.314. The second-order valence-electron chi connectivity index (χ2n) is 4.71. The fourth-order valence-corrected chi connectivity index (χ4v) is 3.03. The summed E-state index contributed by atoms with van der Waals surface area (Å²) in [6.45, 7) is 2.04. The molecule has 3 rings (SSSR count). The predicted octanol–water partition coefficient (Wildman–Crippen LogP) is 5.42. The molecule has 1 aromatic heterocycles. The molecule has 0 bridgehead atoms. The number of aryl methyl sites for hydroxylation is 1. The summed E-state index contributed by atoms with van der Waals surface area (Å²) in [5.74, 6) is 0.314. The highest BCUT2D eigenvalue weighted by atomic mass is 79.9. The Morgan fingerprint density at radius 3 is 2.52 bits per heavy atom. The van der Waals surface area contributed by atoms with Crippen LogP contribution in [0.1, 0.15) is 5.56 Å². The van der Waals surface area contributed by atoms with Gasteiger partial charge in [-0.1, -0.05) is 67.3 Å². The van der Waals surface area contributed by atoms with E-state index in [0.29, 0.717) is 5.88 Å². The van der Waals surface area contributed by atoms with Gasteiger partial charge in [-0.25, -0.2) is 0 Å². The van der Waals surface area contributed by atoms with Crippen LogP contribution in [0.2, 0.25) is 0 Å². The summed E-state index contributed by atoms with van der Waals surface area (Å²) in [7, 11) is 0. The van der Waals surface area contributed by atoms with E-state index in [4.69, 9.17) is 10.3 Å². The lowest BCUT2D eigenvalue weighted by molar-refractivity contribution is 0.439. The number of rotatable bonds is 2. The van der Waals surface area contributed by atoms with Crippen LogP contribution in [0.4, 0.5) is 5.88 Å². The zero-order valence-corrected chi connectivity index (χ0v) is 14.4. The minimum Gasteiger partial charge on any atom is -0.367 e. The molecule has 0 atom stereocenters. The molecule has 21 heavy (non-hydrogen) atoms. The largest absolute Gasteiger partial charge is 0.367 e. The summed E-state index contributed by atoms with van der Waals surface area (Å²) in [6, 6.07) is 13.9. The lowest BCUT2D eigenvalue weighted by Crippen LogP contribution is -1.89. The molecule has 5 heteroatoms. The standard InChI is InChI=1S/C16H12Br2N2O/c1-9-6-7-10(8-13(9)18)15-14(16(19)21-20-15)11-4-2-3-5-12(11)17/h2-8H,19H2,1H3. The number of anilines is 1. The van der Waals surface area contributed by atoms with E-state index in [9.17, 15) is 0 Å². The summed E-state index contributed by atoms with van der Waals surface area (Å²) in [6.07, 6.45) is 0. The predicted molar refractivity (Wildman–Crippen MR) is 91.9 cm³/mol. The molecule has 0 aliphatic carbocycles. The molecule has 106 valence electrons. The summed E-state index contributed by atoms with van der Waals surface area (Å²) < 4.78 is 7.20. The van der Waals surface area contributed by atoms with Crippen LogP contribution >= 0.6 is 31.9 Å². The van der Waals surface area contributed by atoms with Gasteiger partial charge in [0, 0.05) is 20.1 Å². The van der Waals surface area contributed by atoms with Crippen LogP contribution < -0.4 is 5.73 Å². The van der Waals surface area contributed by atoms with E-state index in [1.54, 1.807) is 0 Å². The van der Waals surface area contributed by atoms with E-state index in [2.05, 4.69) is 37.0 Å². The van der Waals surface area contributed by atoms with Gasteiger partial charge < -0.3 is 10.3 Å². The van der Waals surface area contributed by atoms with Crippen LogP contribution in [0.25, 0.3) is 22.4 Å². The van der Waals surface area contributed by atoms with E-state index in [1.807, 2.05) is 49.4 Å². The smallest absolute Gasteiger partial charge is 0.230 e. The first-order valence-electron chi connectivity index (χ1n) is 6.34. The summed E-state index contributed by atoms with van der Waals surface area (Å²) in [4.78, 5) is 0. The maximum Gasteiger partial charge on any atom is 0.230 e. The molecule has 1 heterocycles. The molecule has 0 saturated carbocycles. The minimum absolute atomic E-state index is 0.314. The highest BCUT2D eigenvalue weighted by Crippen LogP contribution is 2.40. The maximum absolute atomic E-state index is 5.99. The van der Waals surface area contributed by atoms with Gasteiger partial charge in [0.1, 0.15) is 5.69 Å². The molecule has 0 aliphatic rings. The number of halogens is 2. The Morgan fingerprint density at radius 1 is 1.05 bits per heavy atom. The first-order valence-corrected chi connectivity index (χ1v) is 7.93. The van der Waals surface area contributed by atoms with Crippen LogP contribution in [-0.4, -0.2) is 5.16 Å². The van der Waals surface area contributed by atoms with E-state index in [0.717, 1.165) is 36.9 Å². The first-order chi connectivity index (χ1) is 10.1. The zero-order valence-electron chi connectivity index (χ0n) is 11.2. The zero-order chi connectivity index (χ0) is 15.0. The van der Waals surface area contributed by atoms with Gasteiger partial charge in [0.15, 0.2) is 0 Å². The van der Waals surface area contributed by atoms with Crippen molar-refractivity contribution in [3.8, 4) is 22.4 Å². The molecule has 0 radical (unpaired) electrons. The van der Waals surface area contributed by atoms with Gasteiger partial charge in [0.25, 0.3) is 0 Å². The Labute approximate surface area is 139 Å². The Bertz CT molecular complexity index is 812. The van der Waals surface area contributed by atoms with Crippen molar-refractivity contribution in [3.63, 3.8) is 0 Å². The van der Waals surface area contributed by atoms with Crippen LogP contribution in [0.15, 0.2) is 55.9 Å². The number of benzene rings is 2. The quantitative estimate of drug-likeness (QED) is 0.616. The molecule has 0 spiro atoms. The van der Waals surface area contributed by atoms with E-state index < -0.39 is 0 Å². The normalized spacial score (nSPS) is 10.8. The average Bonchev–Trinajstić information content (AvgIpc) is 2.84. The van der Waals surface area contributed by atoms with Gasteiger partial charge in [0.05, 0.1) is 5.56 Å². The molecule has 3 aromatic rings. The highest BCUT2D eigenvalue weighted by Gasteiger charge is 2.19. The van der Waals surface area contributed by atoms with Gasteiger partial charge >= 0.3 is 0 Å². The van der Waals surface area contributed by atoms with E-state index in [-0.39, 0.29) is 0 Å². The van der Waals surface area contributed by atoms with Gasteiger partial charge in [-0.2, -0.15) is 0 Å². The van der Waals surface area contributed by atoms with Crippen molar-refractivity contribution in [3.05, 3.63) is 57.0 Å². The third-order valence-corrected chi connectivity index (χ3v) is 4.85. The number of nitrogen functional groups attached to an aromatic ring is 1. The molecule has 0 saturated heterocycles. The van der Waals surface area contributed by atoms with Crippen molar-refractivity contribution in [1.29, 1.82) is 0 Å². The average molecular weight is 408 g/mol. The van der Waals surface area contributed by atoms with Crippen LogP contribution in [0.3, 0.4) is 0 Å². The SMILES string of the molecule is Cc1ccc(-c2noc(N)c2-c2ccccc2Br)cc1Br. The molecule has 0 aliphatic heterocycles. The highest BCUT2D eigenvalue weighted by molar-refractivity contribution is 9.10. The van der Waals surface area contributed by atoms with Crippen LogP contribution in [0.5, 0.6) is 0 Å². The molecule has 3 nitrogen and oxygen atoms in total. The van der Waals surface area contributed by atoms with Gasteiger partial charge in [0.2, 0.25) is 5.88 Å². The van der Waals surface area contributed by atoms with Gasteiger partial charge in [-0.05, 0) is 24.6 Å². The molecular weight excluding hydrogens is 396 g/mol. The third kappa shape index (κ3) is 2.63. The summed E-state index contributed by atoms with van der Waals surface area (Å²) in [5.41, 5.74) is 10.6. The number of nitrogens with zero attached hydrogens (tertiary/aromatic N) is 1. The van der Waals surface area contributed by atoms with Crippen molar-refractivity contribution in [2.24, 2.45) is 0 Å². The second-order valence-corrected chi connectivity index (χ2v) is 6.42. The van der Waals surface area contributed by atoms with E-state index >= 15 is 0 Å². The Morgan fingerprint density at radius 2 is 1.81 bits per heavy atom. The lowest BCUT2D eigenvalue weighted by Gasteiger charge is -2.06. The van der Waals surface area contributed by atoms with Crippen molar-refractivity contribution in [2.45, 2.75) is 6.92 Å². The Kier molecular flexibility index (Phi) is 3.87. The fourth-order valence-electron chi connectivity index (χ4n) is 2.16. The third-order valence-electron chi connectivity index (χ3n) is 3.31. The molecule has 0 fully saturated rings. The second kappa shape index (κ2) is 5.66.